The molecule has 0 saturated carbocycles. The summed E-state index contributed by atoms with van der Waals surface area (Å²) in [5.74, 6) is -1.95. The van der Waals surface area contributed by atoms with Gasteiger partial charge < -0.3 is 15.2 Å². The lowest BCUT2D eigenvalue weighted by atomic mass is 10.1. The summed E-state index contributed by atoms with van der Waals surface area (Å²) in [7, 11) is 0. The van der Waals surface area contributed by atoms with Gasteiger partial charge in [0.25, 0.3) is 11.5 Å². The zero-order valence-electron chi connectivity index (χ0n) is 19.6. The maximum absolute atomic E-state index is 13.9. The number of pyridine rings is 2. The standard InChI is InChI=1S/C26H22F4N4O2/c1-4-34-21-13-20(32-25(36)16-10-17(26(28,29)30)12-18(27)11-16)24(31-19-8-6-5-7-14(19)2)33-23(21)15(3)9-22(34)35/h5-13H,4H2,1-3H3,(H,31,33)(H,32,36). The third kappa shape index (κ3) is 4.93. The van der Waals surface area contributed by atoms with Crippen LogP contribution in [-0.4, -0.2) is 15.5 Å². The molecule has 1 amide bonds. The first kappa shape index (κ1) is 24.9. The van der Waals surface area contributed by atoms with Crippen LogP contribution in [0.15, 0.2) is 59.4 Å². The Bertz CT molecular complexity index is 1540. The van der Waals surface area contributed by atoms with E-state index in [-0.39, 0.29) is 17.1 Å². The van der Waals surface area contributed by atoms with Crippen molar-refractivity contribution in [2.45, 2.75) is 33.5 Å². The average molecular weight is 498 g/mol. The Morgan fingerprint density at radius 3 is 2.39 bits per heavy atom. The number of hydrogen-bond donors (Lipinski definition) is 2. The van der Waals surface area contributed by atoms with E-state index in [4.69, 9.17) is 0 Å². The van der Waals surface area contributed by atoms with Crippen LogP contribution in [0.25, 0.3) is 11.0 Å². The van der Waals surface area contributed by atoms with Gasteiger partial charge in [-0.3, -0.25) is 9.59 Å². The number of carbonyl (C=O) groups excluding carboxylic acids is 1. The fraction of sp³-hybridized carbons (Fsp3) is 0.192. The highest BCUT2D eigenvalue weighted by molar-refractivity contribution is 6.07. The molecule has 4 aromatic rings. The second kappa shape index (κ2) is 9.44. The van der Waals surface area contributed by atoms with Gasteiger partial charge in [0, 0.05) is 23.9 Å². The van der Waals surface area contributed by atoms with Crippen molar-refractivity contribution >= 4 is 34.1 Å². The SMILES string of the molecule is CCn1c(=O)cc(C)c2nc(Nc3ccccc3C)c(NC(=O)c3cc(F)cc(C(F)(F)F)c3)cc21. The highest BCUT2D eigenvalue weighted by atomic mass is 19.4. The predicted molar refractivity (Wildman–Crippen MR) is 130 cm³/mol. The monoisotopic (exact) mass is 498 g/mol. The number of aromatic nitrogens is 2. The molecular weight excluding hydrogens is 476 g/mol. The van der Waals surface area contributed by atoms with E-state index in [0.717, 1.165) is 11.6 Å². The summed E-state index contributed by atoms with van der Waals surface area (Å²) in [6.07, 6.45) is -4.83. The van der Waals surface area contributed by atoms with Crippen molar-refractivity contribution in [3.8, 4) is 0 Å². The van der Waals surface area contributed by atoms with Crippen LogP contribution in [0.4, 0.5) is 34.8 Å². The molecule has 0 aliphatic heterocycles. The molecule has 2 heterocycles. The summed E-state index contributed by atoms with van der Waals surface area (Å²) >= 11 is 0. The number of halogens is 4. The van der Waals surface area contributed by atoms with Crippen LogP contribution in [0, 0.1) is 19.7 Å². The van der Waals surface area contributed by atoms with Gasteiger partial charge in [-0.1, -0.05) is 18.2 Å². The van der Waals surface area contributed by atoms with Gasteiger partial charge in [0.05, 0.1) is 22.3 Å². The van der Waals surface area contributed by atoms with E-state index >= 15 is 0 Å². The van der Waals surface area contributed by atoms with E-state index in [0.29, 0.717) is 41.0 Å². The number of anilines is 3. The van der Waals surface area contributed by atoms with E-state index in [2.05, 4.69) is 15.6 Å². The van der Waals surface area contributed by atoms with Crippen molar-refractivity contribution < 1.29 is 22.4 Å². The van der Waals surface area contributed by atoms with Gasteiger partial charge in [0.2, 0.25) is 0 Å². The molecule has 2 N–H and O–H groups in total. The fourth-order valence-electron chi connectivity index (χ4n) is 3.89. The number of alkyl halides is 3. The zero-order chi connectivity index (χ0) is 26.2. The van der Waals surface area contributed by atoms with E-state index in [1.54, 1.807) is 26.0 Å². The van der Waals surface area contributed by atoms with Crippen molar-refractivity contribution in [2.75, 3.05) is 10.6 Å². The minimum absolute atomic E-state index is 0.112. The number of aryl methyl sites for hydroxylation is 3. The molecule has 0 saturated heterocycles. The Kier molecular flexibility index (Phi) is 6.53. The summed E-state index contributed by atoms with van der Waals surface area (Å²) in [4.78, 5) is 30.1. The van der Waals surface area contributed by atoms with E-state index < -0.39 is 29.0 Å². The maximum Gasteiger partial charge on any atom is 0.416 e. The minimum Gasteiger partial charge on any atom is -0.338 e. The van der Waals surface area contributed by atoms with Crippen molar-refractivity contribution in [2.24, 2.45) is 0 Å². The molecule has 0 aliphatic carbocycles. The average Bonchev–Trinajstić information content (AvgIpc) is 2.80. The Hall–Kier alpha value is -4.21. The van der Waals surface area contributed by atoms with Gasteiger partial charge in [0.15, 0.2) is 5.82 Å². The molecule has 0 radical (unpaired) electrons. The first-order chi connectivity index (χ1) is 17.0. The highest BCUT2D eigenvalue weighted by Crippen LogP contribution is 2.32. The number of rotatable bonds is 5. The normalized spacial score (nSPS) is 11.5. The molecule has 186 valence electrons. The van der Waals surface area contributed by atoms with Gasteiger partial charge >= 0.3 is 6.18 Å². The van der Waals surface area contributed by atoms with Crippen LogP contribution < -0.4 is 16.2 Å². The van der Waals surface area contributed by atoms with Crippen LogP contribution >= 0.6 is 0 Å². The van der Waals surface area contributed by atoms with Gasteiger partial charge in [-0.05, 0) is 62.2 Å². The lowest BCUT2D eigenvalue weighted by molar-refractivity contribution is -0.137. The first-order valence-electron chi connectivity index (χ1n) is 11.0. The summed E-state index contributed by atoms with van der Waals surface area (Å²) in [5, 5.41) is 5.69. The van der Waals surface area contributed by atoms with Gasteiger partial charge in [0.1, 0.15) is 5.82 Å². The number of nitrogens with one attached hydrogen (secondary N) is 2. The molecule has 0 aliphatic rings. The van der Waals surface area contributed by atoms with Gasteiger partial charge in [-0.2, -0.15) is 13.2 Å². The molecule has 2 aromatic carbocycles. The molecule has 10 heteroatoms. The van der Waals surface area contributed by atoms with Crippen molar-refractivity contribution in [1.82, 2.24) is 9.55 Å². The van der Waals surface area contributed by atoms with Gasteiger partial charge in [-0.15, -0.1) is 0 Å². The maximum atomic E-state index is 13.9. The lowest BCUT2D eigenvalue weighted by Gasteiger charge is -2.18. The number of hydrogen-bond acceptors (Lipinski definition) is 4. The zero-order valence-corrected chi connectivity index (χ0v) is 19.6. The lowest BCUT2D eigenvalue weighted by Crippen LogP contribution is -2.21. The molecule has 0 bridgehead atoms. The third-order valence-electron chi connectivity index (χ3n) is 5.72. The molecule has 4 rings (SSSR count). The van der Waals surface area contributed by atoms with Crippen molar-refractivity contribution in [1.29, 1.82) is 0 Å². The summed E-state index contributed by atoms with van der Waals surface area (Å²) < 4.78 is 54.9. The number of nitrogens with zero attached hydrogens (tertiary/aromatic N) is 2. The van der Waals surface area contributed by atoms with E-state index in [9.17, 15) is 27.2 Å². The number of fused-ring (bicyclic) bond motifs is 1. The Balaban J connectivity index is 1.86. The molecule has 0 spiro atoms. The van der Waals surface area contributed by atoms with E-state index in [1.807, 2.05) is 19.1 Å². The molecule has 2 aromatic heterocycles. The number of carbonyl (C=O) groups is 1. The van der Waals surface area contributed by atoms with Crippen LogP contribution in [0.1, 0.15) is 34.0 Å². The topological polar surface area (TPSA) is 76.0 Å². The number of benzene rings is 2. The van der Waals surface area contributed by atoms with E-state index in [1.165, 1.54) is 16.7 Å². The first-order valence-corrected chi connectivity index (χ1v) is 11.0. The van der Waals surface area contributed by atoms with Crippen LogP contribution in [0.5, 0.6) is 0 Å². The molecule has 0 fully saturated rings. The fourth-order valence-corrected chi connectivity index (χ4v) is 3.89. The Labute approximate surface area is 203 Å². The minimum atomic E-state index is -4.83. The smallest absolute Gasteiger partial charge is 0.338 e. The molecule has 6 nitrogen and oxygen atoms in total. The molecule has 0 atom stereocenters. The third-order valence-corrected chi connectivity index (χ3v) is 5.72. The van der Waals surface area contributed by atoms with Crippen molar-refractivity contribution in [3.05, 3.63) is 93.0 Å². The summed E-state index contributed by atoms with van der Waals surface area (Å²) in [5.41, 5.74) is 1.18. The number of para-hydroxylation sites is 1. The van der Waals surface area contributed by atoms with Crippen LogP contribution in [0.2, 0.25) is 0 Å². The second-order valence-corrected chi connectivity index (χ2v) is 8.28. The second-order valence-electron chi connectivity index (χ2n) is 8.28. The van der Waals surface area contributed by atoms with Crippen LogP contribution in [-0.2, 0) is 12.7 Å². The molecule has 0 unspecified atom stereocenters. The highest BCUT2D eigenvalue weighted by Gasteiger charge is 2.32. The Morgan fingerprint density at radius 1 is 1.00 bits per heavy atom. The number of amides is 1. The van der Waals surface area contributed by atoms with Crippen molar-refractivity contribution in [3.63, 3.8) is 0 Å². The molecular formula is C26H22F4N4O2. The quantitative estimate of drug-likeness (QED) is 0.322. The summed E-state index contributed by atoms with van der Waals surface area (Å²) in [6.45, 7) is 5.71. The predicted octanol–water partition coefficient (Wildman–Crippen LogP) is 6.19. The largest absolute Gasteiger partial charge is 0.416 e. The molecule has 36 heavy (non-hydrogen) atoms. The Morgan fingerprint density at radius 2 is 1.72 bits per heavy atom. The summed E-state index contributed by atoms with van der Waals surface area (Å²) in [6, 6.07) is 11.9. The van der Waals surface area contributed by atoms with Gasteiger partial charge in [-0.25, -0.2) is 9.37 Å². The van der Waals surface area contributed by atoms with Crippen LogP contribution in [0.3, 0.4) is 0 Å².